The van der Waals surface area contributed by atoms with Crippen molar-refractivity contribution in [3.8, 4) is 0 Å². The summed E-state index contributed by atoms with van der Waals surface area (Å²) in [6.45, 7) is 6.71. The molecule has 0 radical (unpaired) electrons. The van der Waals surface area contributed by atoms with E-state index >= 15 is 0 Å². The van der Waals surface area contributed by atoms with Crippen molar-refractivity contribution in [1.29, 1.82) is 0 Å². The summed E-state index contributed by atoms with van der Waals surface area (Å²) in [4.78, 5) is 0. The van der Waals surface area contributed by atoms with Gasteiger partial charge < -0.3 is 0 Å². The molecule has 0 aliphatic carbocycles. The van der Waals surface area contributed by atoms with Crippen LogP contribution in [0.2, 0.25) is 0 Å². The lowest BCUT2D eigenvalue weighted by atomic mass is 9.87. The molecular formula is C18H22N+. The van der Waals surface area contributed by atoms with Crippen LogP contribution in [0, 0.1) is 0 Å². The molecule has 1 heteroatoms. The summed E-state index contributed by atoms with van der Waals surface area (Å²) in [5.41, 5.74) is 4.05. The maximum absolute atomic E-state index is 2.24. The predicted molar refractivity (Wildman–Crippen MR) is 81.7 cm³/mol. The average molecular weight is 252 g/mol. The highest BCUT2D eigenvalue weighted by Gasteiger charge is 2.12. The minimum Gasteiger partial charge on any atom is -0.208 e. The minimum atomic E-state index is 0.219. The van der Waals surface area contributed by atoms with Gasteiger partial charge in [-0.15, -0.1) is 0 Å². The topological polar surface area (TPSA) is 3.88 Å². The van der Waals surface area contributed by atoms with Crippen LogP contribution in [-0.4, -0.2) is 0 Å². The van der Waals surface area contributed by atoms with Gasteiger partial charge in [0, 0.05) is 12.1 Å². The van der Waals surface area contributed by atoms with Crippen molar-refractivity contribution in [1.82, 2.24) is 0 Å². The highest BCUT2D eigenvalue weighted by atomic mass is 14.9. The Bertz CT molecular complexity index is 554. The molecule has 1 nitrogen and oxygen atoms in total. The Labute approximate surface area is 116 Å². The van der Waals surface area contributed by atoms with E-state index in [0.717, 1.165) is 0 Å². The summed E-state index contributed by atoms with van der Waals surface area (Å²) >= 11 is 0. The zero-order chi connectivity index (χ0) is 13.9. The Hall–Kier alpha value is -1.89. The summed E-state index contributed by atoms with van der Waals surface area (Å²) in [6, 6.07) is 13.0. The van der Waals surface area contributed by atoms with E-state index in [-0.39, 0.29) is 5.41 Å². The molecule has 98 valence electrons. The van der Waals surface area contributed by atoms with Crippen LogP contribution in [0.4, 0.5) is 0 Å². The SMILES string of the molecule is C[n+]1ccc(/C=C/c2ccc(C(C)(C)C)cc2)cc1. The minimum absolute atomic E-state index is 0.219. The Kier molecular flexibility index (Phi) is 3.84. The van der Waals surface area contributed by atoms with Gasteiger partial charge in [0.2, 0.25) is 0 Å². The number of nitrogens with zero attached hydrogens (tertiary/aromatic N) is 1. The monoisotopic (exact) mass is 252 g/mol. The fourth-order valence-electron chi connectivity index (χ4n) is 1.91. The van der Waals surface area contributed by atoms with Crippen molar-refractivity contribution in [2.75, 3.05) is 0 Å². The molecule has 2 rings (SSSR count). The highest BCUT2D eigenvalue weighted by molar-refractivity contribution is 5.69. The van der Waals surface area contributed by atoms with E-state index in [1.54, 1.807) is 0 Å². The zero-order valence-corrected chi connectivity index (χ0v) is 12.2. The van der Waals surface area contributed by atoms with Crippen molar-refractivity contribution < 1.29 is 4.57 Å². The third kappa shape index (κ3) is 3.78. The van der Waals surface area contributed by atoms with E-state index < -0.39 is 0 Å². The Morgan fingerprint density at radius 3 is 1.74 bits per heavy atom. The maximum Gasteiger partial charge on any atom is 0.169 e. The van der Waals surface area contributed by atoms with Crippen molar-refractivity contribution >= 4 is 12.2 Å². The molecule has 19 heavy (non-hydrogen) atoms. The van der Waals surface area contributed by atoms with E-state index in [9.17, 15) is 0 Å². The van der Waals surface area contributed by atoms with Gasteiger partial charge in [-0.3, -0.25) is 0 Å². The van der Waals surface area contributed by atoms with E-state index in [0.29, 0.717) is 0 Å². The molecule has 0 atom stereocenters. The van der Waals surface area contributed by atoms with Gasteiger partial charge in [0.25, 0.3) is 0 Å². The van der Waals surface area contributed by atoms with E-state index in [1.807, 2.05) is 11.6 Å². The lowest BCUT2D eigenvalue weighted by Gasteiger charge is -2.18. The van der Waals surface area contributed by atoms with Gasteiger partial charge in [-0.05, 0) is 22.1 Å². The van der Waals surface area contributed by atoms with Gasteiger partial charge >= 0.3 is 0 Å². The smallest absolute Gasteiger partial charge is 0.169 e. The molecule has 0 aliphatic heterocycles. The molecule has 0 bridgehead atoms. The first-order chi connectivity index (χ1) is 8.95. The van der Waals surface area contributed by atoms with Crippen LogP contribution in [-0.2, 0) is 12.5 Å². The average Bonchev–Trinajstić information content (AvgIpc) is 2.37. The highest BCUT2D eigenvalue weighted by Crippen LogP contribution is 2.22. The van der Waals surface area contributed by atoms with Crippen molar-refractivity contribution in [2.45, 2.75) is 26.2 Å². The number of hydrogen-bond acceptors (Lipinski definition) is 0. The van der Waals surface area contributed by atoms with Crippen LogP contribution in [0.3, 0.4) is 0 Å². The molecule has 0 saturated heterocycles. The molecule has 0 fully saturated rings. The summed E-state index contributed by atoms with van der Waals surface area (Å²) in [5.74, 6) is 0. The van der Waals surface area contributed by atoms with Crippen LogP contribution in [0.1, 0.15) is 37.5 Å². The van der Waals surface area contributed by atoms with Crippen LogP contribution in [0.15, 0.2) is 48.8 Å². The van der Waals surface area contributed by atoms with Crippen molar-refractivity contribution in [3.05, 3.63) is 65.5 Å². The fourth-order valence-corrected chi connectivity index (χ4v) is 1.91. The van der Waals surface area contributed by atoms with Crippen LogP contribution in [0.5, 0.6) is 0 Å². The van der Waals surface area contributed by atoms with Crippen molar-refractivity contribution in [3.63, 3.8) is 0 Å². The number of hydrogen-bond donors (Lipinski definition) is 0. The number of benzene rings is 1. The third-order valence-electron chi connectivity index (χ3n) is 3.25. The maximum atomic E-state index is 2.24. The quantitative estimate of drug-likeness (QED) is 0.712. The standard InChI is InChI=1S/C18H22N/c1-18(2,3)17-9-7-15(8-10-17)5-6-16-11-13-19(4)14-12-16/h5-14H,1-4H3/q+1/b6-5+. The fraction of sp³-hybridized carbons (Fsp3) is 0.278. The molecule has 1 heterocycles. The third-order valence-corrected chi connectivity index (χ3v) is 3.25. The largest absolute Gasteiger partial charge is 0.208 e. The second-order valence-electron chi connectivity index (χ2n) is 6.00. The second kappa shape index (κ2) is 5.40. The lowest BCUT2D eigenvalue weighted by molar-refractivity contribution is -0.671. The first-order valence-corrected chi connectivity index (χ1v) is 6.69. The van der Waals surface area contributed by atoms with Crippen LogP contribution < -0.4 is 4.57 Å². The lowest BCUT2D eigenvalue weighted by Crippen LogP contribution is -2.25. The molecule has 0 saturated carbocycles. The van der Waals surface area contributed by atoms with Gasteiger partial charge in [0.15, 0.2) is 12.4 Å². The Balaban J connectivity index is 2.13. The Morgan fingerprint density at radius 2 is 1.26 bits per heavy atom. The molecular weight excluding hydrogens is 230 g/mol. The first-order valence-electron chi connectivity index (χ1n) is 6.69. The van der Waals surface area contributed by atoms with E-state index in [4.69, 9.17) is 0 Å². The van der Waals surface area contributed by atoms with E-state index in [2.05, 4.69) is 81.7 Å². The van der Waals surface area contributed by atoms with E-state index in [1.165, 1.54) is 16.7 Å². The molecule has 0 unspecified atom stereocenters. The summed E-state index contributed by atoms with van der Waals surface area (Å²) in [6.07, 6.45) is 8.42. The second-order valence-corrected chi connectivity index (χ2v) is 6.00. The van der Waals surface area contributed by atoms with Crippen LogP contribution in [0.25, 0.3) is 12.2 Å². The van der Waals surface area contributed by atoms with Gasteiger partial charge in [-0.2, -0.15) is 0 Å². The summed E-state index contributed by atoms with van der Waals surface area (Å²) in [7, 11) is 2.03. The van der Waals surface area contributed by atoms with Crippen LogP contribution >= 0.6 is 0 Å². The molecule has 0 spiro atoms. The molecule has 0 aliphatic rings. The normalized spacial score (nSPS) is 12.0. The molecule has 0 N–H and O–H groups in total. The molecule has 1 aromatic carbocycles. The molecule has 1 aromatic heterocycles. The van der Waals surface area contributed by atoms with Crippen molar-refractivity contribution in [2.24, 2.45) is 7.05 Å². The number of aryl methyl sites for hydroxylation is 1. The summed E-state index contributed by atoms with van der Waals surface area (Å²) in [5, 5.41) is 0. The number of rotatable bonds is 2. The first kappa shape index (κ1) is 13.5. The number of pyridine rings is 1. The van der Waals surface area contributed by atoms with Gasteiger partial charge in [0.1, 0.15) is 7.05 Å². The zero-order valence-electron chi connectivity index (χ0n) is 12.2. The summed E-state index contributed by atoms with van der Waals surface area (Å²) < 4.78 is 2.04. The van der Waals surface area contributed by atoms with Gasteiger partial charge in [0.05, 0.1) is 0 Å². The Morgan fingerprint density at radius 1 is 0.789 bits per heavy atom. The number of aromatic nitrogens is 1. The van der Waals surface area contributed by atoms with Gasteiger partial charge in [-0.1, -0.05) is 57.2 Å². The predicted octanol–water partition coefficient (Wildman–Crippen LogP) is 3.98. The molecule has 2 aromatic rings. The molecule has 0 amide bonds. The van der Waals surface area contributed by atoms with Gasteiger partial charge in [-0.25, -0.2) is 4.57 Å².